The molecule has 2 aromatic carbocycles. The summed E-state index contributed by atoms with van der Waals surface area (Å²) in [6.45, 7) is 0.764. The fraction of sp³-hybridized carbons (Fsp3) is 0.468. The van der Waals surface area contributed by atoms with Crippen LogP contribution < -0.4 is 71.2 Å². The number of aliphatic carboxylic acids is 1. The Morgan fingerprint density at radius 1 is 0.455 bits per heavy atom. The first-order valence-electron chi connectivity index (χ1n) is 23.8. The number of nitrogens with one attached hydrogen (secondary N) is 8. The Kier molecular flexibility index (Phi) is 26.6. The molecule has 9 atom stereocenters. The molecule has 23 N–H and O–H groups in total. The molecule has 30 nitrogen and oxygen atoms in total. The number of primary amides is 4. The van der Waals surface area contributed by atoms with Crippen molar-refractivity contribution in [2.45, 2.75) is 120 Å². The Labute approximate surface area is 440 Å². The highest BCUT2D eigenvalue weighted by atomic mass is 16.4. The Morgan fingerprint density at radius 2 is 0.805 bits per heavy atom. The van der Waals surface area contributed by atoms with Crippen molar-refractivity contribution in [3.8, 4) is 5.75 Å². The summed E-state index contributed by atoms with van der Waals surface area (Å²) >= 11 is 0. The van der Waals surface area contributed by atoms with Crippen molar-refractivity contribution in [1.29, 1.82) is 0 Å². The predicted molar refractivity (Wildman–Crippen MR) is 265 cm³/mol. The lowest BCUT2D eigenvalue weighted by molar-refractivity contribution is -0.405. The molecule has 2 rings (SSSR count). The second kappa shape index (κ2) is 31.8. The number of benzene rings is 2. The van der Waals surface area contributed by atoms with Gasteiger partial charge in [-0.25, -0.2) is 4.79 Å². The lowest BCUT2D eigenvalue weighted by Gasteiger charge is -2.27. The quantitative estimate of drug-likeness (QED) is 0.0309. The maximum atomic E-state index is 13.8. The fourth-order valence-electron chi connectivity index (χ4n) is 7.04. The summed E-state index contributed by atoms with van der Waals surface area (Å²) in [5.41, 5.74) is 25.8. The topological polar surface area (TPSA) is 531 Å². The molecule has 30 heteroatoms. The minimum absolute atomic E-state index is 0.0982. The van der Waals surface area contributed by atoms with E-state index >= 15 is 0 Å². The summed E-state index contributed by atoms with van der Waals surface area (Å²) in [6.07, 6.45) is -4.02. The van der Waals surface area contributed by atoms with Gasteiger partial charge in [0.25, 0.3) is 5.91 Å². The van der Waals surface area contributed by atoms with E-state index in [1.807, 2.05) is 0 Å². The maximum Gasteiger partial charge on any atom is 0.326 e. The first-order valence-corrected chi connectivity index (χ1v) is 23.8. The van der Waals surface area contributed by atoms with Crippen molar-refractivity contribution in [3.63, 3.8) is 0 Å². The highest BCUT2D eigenvalue weighted by molar-refractivity contribution is 6.00. The van der Waals surface area contributed by atoms with Crippen molar-refractivity contribution in [2.24, 2.45) is 28.9 Å². The maximum absolute atomic E-state index is 13.8. The van der Waals surface area contributed by atoms with E-state index in [-0.39, 0.29) is 31.4 Å². The minimum Gasteiger partial charge on any atom is -0.508 e. The predicted octanol–water partition coefficient (Wildman–Crippen LogP) is -8.33. The molecule has 0 spiro atoms. The highest BCUT2D eigenvalue weighted by Gasteiger charge is 2.36. The number of carboxylic acids is 1. The van der Waals surface area contributed by atoms with Gasteiger partial charge < -0.3 is 91.6 Å². The fourth-order valence-corrected chi connectivity index (χ4v) is 7.04. The second-order valence-corrected chi connectivity index (χ2v) is 18.0. The number of hydrogen-bond donors (Lipinski definition) is 17. The van der Waals surface area contributed by atoms with Gasteiger partial charge in [0.15, 0.2) is 6.04 Å². The molecule has 0 bridgehead atoms. The normalized spacial score (nSPS) is 14.4. The summed E-state index contributed by atoms with van der Waals surface area (Å²) in [5, 5.41) is 57.7. The van der Waals surface area contributed by atoms with Crippen LogP contribution in [0.3, 0.4) is 0 Å². The number of hydrogen-bond acceptors (Lipinski definition) is 16. The molecule has 0 saturated carbocycles. The molecule has 12 amide bonds. The van der Waals surface area contributed by atoms with Crippen LogP contribution in [0.15, 0.2) is 54.6 Å². The zero-order chi connectivity index (χ0) is 58.1. The van der Waals surface area contributed by atoms with Gasteiger partial charge in [0.05, 0.1) is 26.1 Å². The van der Waals surface area contributed by atoms with E-state index in [4.69, 9.17) is 22.9 Å². The van der Waals surface area contributed by atoms with Crippen molar-refractivity contribution >= 4 is 76.9 Å². The molecule has 0 unspecified atom stereocenters. The van der Waals surface area contributed by atoms with Crippen LogP contribution in [0.2, 0.25) is 0 Å². The third-order valence-electron chi connectivity index (χ3n) is 11.3. The Balaban J connectivity index is 2.37. The number of phenols is 1. The van der Waals surface area contributed by atoms with Crippen LogP contribution in [-0.2, 0) is 75.2 Å². The van der Waals surface area contributed by atoms with Gasteiger partial charge in [-0.3, -0.25) is 57.5 Å². The molecule has 77 heavy (non-hydrogen) atoms. The lowest BCUT2D eigenvalue weighted by Crippen LogP contribution is -2.69. The van der Waals surface area contributed by atoms with Crippen molar-refractivity contribution in [2.75, 3.05) is 13.2 Å². The number of carbonyl (C=O) groups excluding carboxylic acids is 12. The number of aliphatic hydroxyl groups is 2. The van der Waals surface area contributed by atoms with Gasteiger partial charge in [-0.05, 0) is 35.6 Å². The first-order chi connectivity index (χ1) is 36.1. The molecular weight excluding hydrogens is 1020 g/mol. The first kappa shape index (κ1) is 64.3. The number of aliphatic hydroxyl groups excluding tert-OH is 2. The van der Waals surface area contributed by atoms with Crippen LogP contribution >= 0.6 is 0 Å². The van der Waals surface area contributed by atoms with Crippen molar-refractivity contribution in [3.05, 3.63) is 65.7 Å². The summed E-state index contributed by atoms with van der Waals surface area (Å²) < 4.78 is 0. The molecule has 422 valence electrons. The molecule has 0 aliphatic rings. The minimum atomic E-state index is -2.00. The van der Waals surface area contributed by atoms with Gasteiger partial charge in [0, 0.05) is 32.1 Å². The standard InChI is InChI=1S/C47H67N13O17/c1-22(2)38(47(76)77)60-44(73)29(16-23-6-4-3-5-7-23)55-45(74)32(20-61)59-43(72)31(19-37(52)67)56-40(69)27(13-15-35(50)65)53-42(71)30(18-36(51)66)57-46(75)33(21-62)58-41(70)28(17-24-8-10-25(63)11-9-24)54-39(68)26(48)12-14-34(49)64/h3-11,22,26-33,38,61-63H,12-21,48H2,1-2H3,(H2,49,64)(H2,50,65)(H2,51,66)(H2,52,67)(H,53,71)(H,54,68)(H,55,74)(H,56,69)(H,57,75)(H,58,70)(H,59,72)(H,60,73)(H,76,77)/p+1/t26-,27-,28-,29-,30-,31-,32-,33-,38-/m0/s1. The number of quaternary nitrogens is 1. The van der Waals surface area contributed by atoms with Crippen molar-refractivity contribution in [1.82, 2.24) is 42.5 Å². The molecule has 2 aromatic rings. The van der Waals surface area contributed by atoms with E-state index < -0.39 is 176 Å². The van der Waals surface area contributed by atoms with E-state index in [1.165, 1.54) is 38.1 Å². The molecule has 0 aliphatic heterocycles. The number of rotatable bonds is 34. The van der Waals surface area contributed by atoms with E-state index in [1.54, 1.807) is 30.3 Å². The molecule has 0 aromatic heterocycles. The number of aromatic hydroxyl groups is 1. The summed E-state index contributed by atoms with van der Waals surface area (Å²) in [4.78, 5) is 168. The molecular formula is C47H68N13O17+. The smallest absolute Gasteiger partial charge is 0.326 e. The third-order valence-corrected chi connectivity index (χ3v) is 11.3. The second-order valence-electron chi connectivity index (χ2n) is 18.0. The van der Waals surface area contributed by atoms with E-state index in [9.17, 15) is 82.8 Å². The van der Waals surface area contributed by atoms with E-state index in [2.05, 4.69) is 48.3 Å². The lowest BCUT2D eigenvalue weighted by atomic mass is 10.0. The largest absolute Gasteiger partial charge is 0.508 e. The number of carboxylic acid groups (broad SMARTS) is 1. The van der Waals surface area contributed by atoms with E-state index in [0.29, 0.717) is 11.1 Å². The van der Waals surface area contributed by atoms with Crippen LogP contribution in [-0.4, -0.2) is 165 Å². The molecule has 0 radical (unpaired) electrons. The van der Waals surface area contributed by atoms with Gasteiger partial charge in [-0.15, -0.1) is 0 Å². The molecule has 0 heterocycles. The number of nitrogens with two attached hydrogens (primary N) is 4. The van der Waals surface area contributed by atoms with Gasteiger partial charge in [-0.1, -0.05) is 56.3 Å². The van der Waals surface area contributed by atoms with Crippen LogP contribution in [0.25, 0.3) is 0 Å². The van der Waals surface area contributed by atoms with E-state index in [0.717, 1.165) is 0 Å². The number of phenolic OH excluding ortho intramolecular Hbond substituents is 1. The Morgan fingerprint density at radius 3 is 1.22 bits per heavy atom. The third kappa shape index (κ3) is 23.1. The van der Waals surface area contributed by atoms with Crippen LogP contribution in [0.5, 0.6) is 5.75 Å². The monoisotopic (exact) mass is 1090 g/mol. The summed E-state index contributed by atoms with van der Waals surface area (Å²) in [7, 11) is 0. The number of carbonyl (C=O) groups is 13. The van der Waals surface area contributed by atoms with Gasteiger partial charge in [0.2, 0.25) is 65.0 Å². The van der Waals surface area contributed by atoms with Gasteiger partial charge >= 0.3 is 5.97 Å². The molecule has 0 aliphatic carbocycles. The van der Waals surface area contributed by atoms with Crippen LogP contribution in [0.1, 0.15) is 63.5 Å². The molecule has 0 saturated heterocycles. The summed E-state index contributed by atoms with van der Waals surface area (Å²) in [5.74, 6) is -15.6. The zero-order valence-corrected chi connectivity index (χ0v) is 42.2. The number of amides is 12. The average Bonchev–Trinajstić information content (AvgIpc) is 3.35. The zero-order valence-electron chi connectivity index (χ0n) is 42.2. The van der Waals surface area contributed by atoms with Gasteiger partial charge in [0.1, 0.15) is 54.1 Å². The van der Waals surface area contributed by atoms with Crippen LogP contribution in [0, 0.1) is 5.92 Å². The summed E-state index contributed by atoms with van der Waals surface area (Å²) in [6, 6.07) is -1.56. The van der Waals surface area contributed by atoms with Crippen molar-refractivity contribution < 1.29 is 88.5 Å². The Hall–Kier alpha value is -8.77. The SMILES string of the molecule is CC(C)[C@H](NC(=O)[C@H](Cc1ccccc1)NC(=O)[C@H](CO)NC(=O)[C@H](CC(N)=O)NC(=O)[C@H](CCC(N)=O)NC(=O)[C@H](CC(N)=O)NC(=O)[C@H](CO)NC(=O)[C@H](Cc1ccc(O)cc1)NC(=O)[C@@H]([NH3+])CCC(N)=O)C(=O)O. The van der Waals surface area contributed by atoms with Gasteiger partial charge in [-0.2, -0.15) is 0 Å². The highest BCUT2D eigenvalue weighted by Crippen LogP contribution is 2.13. The molecule has 0 fully saturated rings. The Bertz CT molecular complexity index is 2450. The average molecular weight is 1090 g/mol. The van der Waals surface area contributed by atoms with Crippen LogP contribution in [0.4, 0.5) is 0 Å².